The van der Waals surface area contributed by atoms with Crippen molar-refractivity contribution in [2.75, 3.05) is 20.2 Å². The normalized spacial score (nSPS) is 29.2. The summed E-state index contributed by atoms with van der Waals surface area (Å²) in [6.45, 7) is 2.13. The van der Waals surface area contributed by atoms with Crippen LogP contribution in [0.15, 0.2) is 0 Å². The van der Waals surface area contributed by atoms with Gasteiger partial charge in [0.2, 0.25) is 0 Å². The summed E-state index contributed by atoms with van der Waals surface area (Å²) in [6.07, 6.45) is 3.35. The predicted octanol–water partition coefficient (Wildman–Crippen LogP) is 0.971. The highest BCUT2D eigenvalue weighted by molar-refractivity contribution is 5.85. The molecule has 76 valence electrons. The largest absolute Gasteiger partial charge is 0.469 e. The van der Waals surface area contributed by atoms with Crippen LogP contribution in [0, 0.1) is 11.3 Å². The molecule has 0 radical (unpaired) electrons. The van der Waals surface area contributed by atoms with E-state index in [1.807, 2.05) is 0 Å². The summed E-state index contributed by atoms with van der Waals surface area (Å²) < 4.78 is 4.74. The van der Waals surface area contributed by atoms with E-state index < -0.39 is 0 Å². The first-order valence-corrected chi connectivity index (χ1v) is 4.57. The number of hydrogen-bond donors (Lipinski definition) is 1. The van der Waals surface area contributed by atoms with Crippen LogP contribution in [0.5, 0.6) is 0 Å². The number of esters is 1. The number of hydrogen-bond acceptors (Lipinski definition) is 3. The first-order valence-electron chi connectivity index (χ1n) is 4.57. The molecule has 3 nitrogen and oxygen atoms in total. The Hall–Kier alpha value is -0.280. The number of carbonyl (C=O) groups excluding carboxylic acids is 1. The number of piperidine rings is 1. The van der Waals surface area contributed by atoms with E-state index in [2.05, 4.69) is 5.32 Å². The van der Waals surface area contributed by atoms with E-state index >= 15 is 0 Å². The standard InChI is InChI=1S/C9H15NO2.ClH/c1-12-8(11)7-6-9(7)2-4-10-5-3-9;/h7,10H,2-6H2,1H3;1H. The molecule has 13 heavy (non-hydrogen) atoms. The fourth-order valence-corrected chi connectivity index (χ4v) is 2.30. The van der Waals surface area contributed by atoms with Gasteiger partial charge in [-0.25, -0.2) is 0 Å². The molecular formula is C9H16ClNO2. The first kappa shape index (κ1) is 10.8. The first-order chi connectivity index (χ1) is 5.78. The zero-order valence-corrected chi connectivity index (χ0v) is 8.65. The molecule has 1 aliphatic carbocycles. The van der Waals surface area contributed by atoms with E-state index in [0.717, 1.165) is 32.4 Å². The molecular weight excluding hydrogens is 190 g/mol. The Bertz CT molecular complexity index is 202. The molecule has 1 saturated carbocycles. The maximum Gasteiger partial charge on any atom is 0.309 e. The summed E-state index contributed by atoms with van der Waals surface area (Å²) in [5, 5.41) is 3.31. The summed E-state index contributed by atoms with van der Waals surface area (Å²) in [5.74, 6) is 0.210. The maximum atomic E-state index is 11.2. The Kier molecular flexibility index (Phi) is 3.19. The molecule has 1 unspecified atom stereocenters. The third kappa shape index (κ3) is 1.81. The van der Waals surface area contributed by atoms with Crippen molar-refractivity contribution in [1.29, 1.82) is 0 Å². The van der Waals surface area contributed by atoms with Gasteiger partial charge in [-0.1, -0.05) is 0 Å². The molecule has 2 aliphatic rings. The summed E-state index contributed by atoms with van der Waals surface area (Å²) in [6, 6.07) is 0. The summed E-state index contributed by atoms with van der Waals surface area (Å²) >= 11 is 0. The minimum absolute atomic E-state index is 0. The highest BCUT2D eigenvalue weighted by Gasteiger charge is 2.58. The number of methoxy groups -OCH3 is 1. The van der Waals surface area contributed by atoms with Crippen molar-refractivity contribution in [3.8, 4) is 0 Å². The van der Waals surface area contributed by atoms with Crippen molar-refractivity contribution < 1.29 is 9.53 Å². The molecule has 1 saturated heterocycles. The van der Waals surface area contributed by atoms with Crippen molar-refractivity contribution in [1.82, 2.24) is 5.32 Å². The Balaban J connectivity index is 0.000000845. The van der Waals surface area contributed by atoms with Gasteiger partial charge in [-0.15, -0.1) is 12.4 Å². The molecule has 1 spiro atoms. The van der Waals surface area contributed by atoms with Gasteiger partial charge in [-0.3, -0.25) is 4.79 Å². The van der Waals surface area contributed by atoms with Gasteiger partial charge >= 0.3 is 5.97 Å². The van der Waals surface area contributed by atoms with Crippen LogP contribution in [-0.4, -0.2) is 26.2 Å². The summed E-state index contributed by atoms with van der Waals surface area (Å²) in [7, 11) is 1.48. The van der Waals surface area contributed by atoms with Crippen LogP contribution in [0.4, 0.5) is 0 Å². The smallest absolute Gasteiger partial charge is 0.309 e. The van der Waals surface area contributed by atoms with Gasteiger partial charge in [0.05, 0.1) is 13.0 Å². The maximum absolute atomic E-state index is 11.2. The van der Waals surface area contributed by atoms with Gasteiger partial charge < -0.3 is 10.1 Å². The quantitative estimate of drug-likeness (QED) is 0.649. The molecule has 1 atom stereocenters. The zero-order chi connectivity index (χ0) is 8.60. The number of ether oxygens (including phenoxy) is 1. The highest BCUT2D eigenvalue weighted by atomic mass is 35.5. The molecule has 2 fully saturated rings. The SMILES string of the molecule is COC(=O)C1CC12CCNCC2.Cl. The predicted molar refractivity (Wildman–Crippen MR) is 51.9 cm³/mol. The third-order valence-corrected chi connectivity index (χ3v) is 3.27. The molecule has 2 rings (SSSR count). The van der Waals surface area contributed by atoms with Crippen molar-refractivity contribution >= 4 is 18.4 Å². The van der Waals surface area contributed by atoms with Gasteiger partial charge in [0.25, 0.3) is 0 Å². The minimum Gasteiger partial charge on any atom is -0.469 e. The molecule has 0 amide bonds. The van der Waals surface area contributed by atoms with E-state index in [1.165, 1.54) is 7.11 Å². The molecule has 1 heterocycles. The highest BCUT2D eigenvalue weighted by Crippen LogP contribution is 2.58. The van der Waals surface area contributed by atoms with Crippen LogP contribution in [0.25, 0.3) is 0 Å². The molecule has 0 bridgehead atoms. The molecule has 0 aromatic rings. The van der Waals surface area contributed by atoms with Gasteiger partial charge in [0, 0.05) is 0 Å². The van der Waals surface area contributed by atoms with Crippen molar-refractivity contribution in [3.05, 3.63) is 0 Å². The van der Waals surface area contributed by atoms with E-state index in [9.17, 15) is 4.79 Å². The lowest BCUT2D eigenvalue weighted by molar-refractivity contribution is -0.143. The summed E-state index contributed by atoms with van der Waals surface area (Å²) in [4.78, 5) is 11.2. The topological polar surface area (TPSA) is 38.3 Å². The average molecular weight is 206 g/mol. The second-order valence-corrected chi connectivity index (χ2v) is 3.89. The van der Waals surface area contributed by atoms with Crippen LogP contribution in [0.3, 0.4) is 0 Å². The van der Waals surface area contributed by atoms with Crippen molar-refractivity contribution in [2.45, 2.75) is 19.3 Å². The molecule has 1 aliphatic heterocycles. The Morgan fingerprint density at radius 2 is 2.08 bits per heavy atom. The molecule has 1 N–H and O–H groups in total. The number of carbonyl (C=O) groups is 1. The second kappa shape index (κ2) is 3.84. The van der Waals surface area contributed by atoms with Crippen molar-refractivity contribution in [2.24, 2.45) is 11.3 Å². The van der Waals surface area contributed by atoms with Crippen LogP contribution in [0.1, 0.15) is 19.3 Å². The Morgan fingerprint density at radius 1 is 1.46 bits per heavy atom. The van der Waals surface area contributed by atoms with Crippen LogP contribution >= 0.6 is 12.4 Å². The molecule has 4 heteroatoms. The van der Waals surface area contributed by atoms with Crippen LogP contribution in [-0.2, 0) is 9.53 Å². The molecule has 0 aromatic carbocycles. The summed E-state index contributed by atoms with van der Waals surface area (Å²) in [5.41, 5.74) is 0.332. The van der Waals surface area contributed by atoms with Crippen LogP contribution < -0.4 is 5.32 Å². The fraction of sp³-hybridized carbons (Fsp3) is 0.889. The van der Waals surface area contributed by atoms with E-state index in [1.54, 1.807) is 0 Å². The van der Waals surface area contributed by atoms with Gasteiger partial charge in [-0.05, 0) is 37.8 Å². The minimum atomic E-state index is -0.00287. The van der Waals surface area contributed by atoms with E-state index in [4.69, 9.17) is 4.74 Å². The monoisotopic (exact) mass is 205 g/mol. The van der Waals surface area contributed by atoms with E-state index in [0.29, 0.717) is 5.41 Å². The fourth-order valence-electron chi connectivity index (χ4n) is 2.30. The lowest BCUT2D eigenvalue weighted by atomic mass is 9.92. The zero-order valence-electron chi connectivity index (χ0n) is 7.84. The molecule has 0 aromatic heterocycles. The average Bonchev–Trinajstić information content (AvgIpc) is 2.80. The van der Waals surface area contributed by atoms with E-state index in [-0.39, 0.29) is 24.3 Å². The second-order valence-electron chi connectivity index (χ2n) is 3.89. The van der Waals surface area contributed by atoms with Gasteiger partial charge in [0.1, 0.15) is 0 Å². The van der Waals surface area contributed by atoms with Crippen molar-refractivity contribution in [3.63, 3.8) is 0 Å². The number of rotatable bonds is 1. The Labute approximate surface area is 84.6 Å². The number of nitrogens with one attached hydrogen (secondary N) is 1. The Morgan fingerprint density at radius 3 is 2.62 bits per heavy atom. The van der Waals surface area contributed by atoms with Gasteiger partial charge in [-0.2, -0.15) is 0 Å². The van der Waals surface area contributed by atoms with Gasteiger partial charge in [0.15, 0.2) is 0 Å². The number of halogens is 1. The lowest BCUT2D eigenvalue weighted by Gasteiger charge is -2.22. The lowest BCUT2D eigenvalue weighted by Crippen LogP contribution is -2.30. The van der Waals surface area contributed by atoms with Crippen LogP contribution in [0.2, 0.25) is 0 Å². The third-order valence-electron chi connectivity index (χ3n) is 3.27.